The van der Waals surface area contributed by atoms with Crippen LogP contribution in [-0.2, 0) is 13.0 Å². The molecule has 96 valence electrons. The van der Waals surface area contributed by atoms with E-state index >= 15 is 0 Å². The van der Waals surface area contributed by atoms with Crippen LogP contribution in [0.1, 0.15) is 11.1 Å². The Hall–Kier alpha value is -1.26. The van der Waals surface area contributed by atoms with Crippen molar-refractivity contribution < 1.29 is 14.6 Å². The summed E-state index contributed by atoms with van der Waals surface area (Å²) in [7, 11) is 7.32. The summed E-state index contributed by atoms with van der Waals surface area (Å²) in [6.07, 6.45) is 0.887. The van der Waals surface area contributed by atoms with Crippen molar-refractivity contribution in [3.63, 3.8) is 0 Å². The molecule has 1 N–H and O–H groups in total. The van der Waals surface area contributed by atoms with Gasteiger partial charge in [0.2, 0.25) is 0 Å². The number of hydrogen-bond donors (Lipinski definition) is 1. The monoisotopic (exact) mass is 239 g/mol. The lowest BCUT2D eigenvalue weighted by Gasteiger charge is -2.15. The number of hydrogen-bond acceptors (Lipinski definition) is 4. The summed E-state index contributed by atoms with van der Waals surface area (Å²) in [5.74, 6) is 1.51. The maximum atomic E-state index is 9.23. The Balaban J connectivity index is 3.01. The second-order valence-electron chi connectivity index (χ2n) is 4.19. The smallest absolute Gasteiger partial charge is 0.124 e. The molecular weight excluding hydrogens is 218 g/mol. The Bertz CT molecular complexity index is 364. The first-order valence-corrected chi connectivity index (χ1v) is 5.61. The van der Waals surface area contributed by atoms with E-state index in [2.05, 4.69) is 4.90 Å². The summed E-state index contributed by atoms with van der Waals surface area (Å²) in [5.41, 5.74) is 1.84. The highest BCUT2D eigenvalue weighted by molar-refractivity contribution is 5.46. The highest BCUT2D eigenvalue weighted by Crippen LogP contribution is 2.29. The summed E-state index contributed by atoms with van der Waals surface area (Å²) in [6, 6.07) is 3.78. The Morgan fingerprint density at radius 2 is 1.59 bits per heavy atom. The van der Waals surface area contributed by atoms with Crippen molar-refractivity contribution in [3.8, 4) is 11.5 Å². The molecule has 0 saturated heterocycles. The van der Waals surface area contributed by atoms with Gasteiger partial charge in [-0.1, -0.05) is 0 Å². The minimum Gasteiger partial charge on any atom is -0.496 e. The fraction of sp³-hybridized carbons (Fsp3) is 0.538. The molecule has 0 amide bonds. The molecule has 0 aromatic heterocycles. The van der Waals surface area contributed by atoms with Gasteiger partial charge in [0.25, 0.3) is 0 Å². The minimum absolute atomic E-state index is 0.0481. The van der Waals surface area contributed by atoms with Gasteiger partial charge in [-0.05, 0) is 38.2 Å². The molecule has 4 nitrogen and oxygen atoms in total. The zero-order valence-corrected chi connectivity index (χ0v) is 11.0. The normalized spacial score (nSPS) is 10.7. The molecule has 0 bridgehead atoms. The number of methoxy groups -OCH3 is 2. The second kappa shape index (κ2) is 6.47. The Labute approximate surface area is 103 Å². The van der Waals surface area contributed by atoms with Crippen LogP contribution in [0.5, 0.6) is 11.5 Å². The molecule has 0 spiro atoms. The number of ether oxygens (including phenoxy) is 2. The van der Waals surface area contributed by atoms with Crippen molar-refractivity contribution in [3.05, 3.63) is 23.3 Å². The maximum absolute atomic E-state index is 9.23. The molecule has 0 aliphatic heterocycles. The number of nitrogens with zero attached hydrogens (tertiary/aromatic N) is 1. The van der Waals surface area contributed by atoms with E-state index in [1.807, 2.05) is 26.2 Å². The van der Waals surface area contributed by atoms with E-state index < -0.39 is 0 Å². The van der Waals surface area contributed by atoms with Crippen LogP contribution >= 0.6 is 0 Å². The van der Waals surface area contributed by atoms with E-state index in [9.17, 15) is 5.11 Å². The molecule has 1 aromatic carbocycles. The first kappa shape index (κ1) is 13.8. The van der Waals surface area contributed by atoms with Gasteiger partial charge in [0, 0.05) is 12.1 Å². The summed E-state index contributed by atoms with van der Waals surface area (Å²) in [4.78, 5) is 2.12. The van der Waals surface area contributed by atoms with Crippen LogP contribution in [0.2, 0.25) is 0 Å². The predicted octanol–water partition coefficient (Wildman–Crippen LogP) is 1.30. The molecule has 0 fully saturated rings. The first-order chi connectivity index (χ1) is 8.12. The number of benzene rings is 1. The van der Waals surface area contributed by atoms with Crippen molar-refractivity contribution in [2.45, 2.75) is 13.0 Å². The molecule has 0 aliphatic rings. The first-order valence-electron chi connectivity index (χ1n) is 5.61. The lowest BCUT2D eigenvalue weighted by Crippen LogP contribution is -2.15. The molecule has 17 heavy (non-hydrogen) atoms. The molecule has 1 rings (SSSR count). The lowest BCUT2D eigenvalue weighted by molar-refractivity contribution is 0.272. The molecule has 0 radical (unpaired) electrons. The summed E-state index contributed by atoms with van der Waals surface area (Å²) >= 11 is 0. The molecule has 1 aromatic rings. The number of aliphatic hydroxyl groups excluding tert-OH is 1. The third-order valence-corrected chi connectivity index (χ3v) is 2.68. The van der Waals surface area contributed by atoms with Crippen molar-refractivity contribution in [2.24, 2.45) is 0 Å². The number of likely N-dealkylation sites (N-methyl/N-ethyl adjacent to an activating group) is 1. The molecule has 0 unspecified atom stereocenters. The zero-order valence-electron chi connectivity index (χ0n) is 11.0. The van der Waals surface area contributed by atoms with E-state index in [0.717, 1.165) is 29.8 Å². The van der Waals surface area contributed by atoms with Gasteiger partial charge in [0.05, 0.1) is 20.8 Å². The molecule has 0 heterocycles. The number of rotatable bonds is 6. The average molecular weight is 239 g/mol. The molecule has 4 heteroatoms. The van der Waals surface area contributed by atoms with Crippen LogP contribution in [0, 0.1) is 0 Å². The van der Waals surface area contributed by atoms with Crippen molar-refractivity contribution in [1.82, 2.24) is 4.90 Å². The van der Waals surface area contributed by atoms with Crippen molar-refractivity contribution in [2.75, 3.05) is 34.9 Å². The Kier molecular flexibility index (Phi) is 5.25. The van der Waals surface area contributed by atoms with Crippen LogP contribution in [0.15, 0.2) is 12.1 Å². The van der Waals surface area contributed by atoms with E-state index in [0.29, 0.717) is 5.75 Å². The average Bonchev–Trinajstić information content (AvgIpc) is 2.34. The topological polar surface area (TPSA) is 41.9 Å². The van der Waals surface area contributed by atoms with E-state index in [-0.39, 0.29) is 6.61 Å². The lowest BCUT2D eigenvalue weighted by atomic mass is 10.1. The fourth-order valence-electron chi connectivity index (χ4n) is 1.69. The van der Waals surface area contributed by atoms with Crippen LogP contribution < -0.4 is 9.47 Å². The summed E-state index contributed by atoms with van der Waals surface area (Å²) in [6.45, 7) is 0.894. The standard InChI is InChI=1S/C13H21NO3/c1-14(2)6-5-10-7-13(17-4)11(9-15)8-12(10)16-3/h7-8,15H,5-6,9H2,1-4H3. The van der Waals surface area contributed by atoms with Gasteiger partial charge >= 0.3 is 0 Å². The highest BCUT2D eigenvalue weighted by Gasteiger charge is 2.10. The molecule has 0 aliphatic carbocycles. The quantitative estimate of drug-likeness (QED) is 0.812. The van der Waals surface area contributed by atoms with Crippen molar-refractivity contribution in [1.29, 1.82) is 0 Å². The van der Waals surface area contributed by atoms with Gasteiger partial charge < -0.3 is 19.5 Å². The molecule has 0 saturated carbocycles. The fourth-order valence-corrected chi connectivity index (χ4v) is 1.69. The minimum atomic E-state index is -0.0481. The van der Waals surface area contributed by atoms with Gasteiger partial charge in [-0.2, -0.15) is 0 Å². The van der Waals surface area contributed by atoms with E-state index in [1.54, 1.807) is 14.2 Å². The third kappa shape index (κ3) is 3.61. The van der Waals surface area contributed by atoms with Gasteiger partial charge in [-0.25, -0.2) is 0 Å². The Morgan fingerprint density at radius 3 is 2.06 bits per heavy atom. The highest BCUT2D eigenvalue weighted by atomic mass is 16.5. The van der Waals surface area contributed by atoms with Crippen LogP contribution in [-0.4, -0.2) is 44.9 Å². The van der Waals surface area contributed by atoms with Gasteiger partial charge in [0.1, 0.15) is 11.5 Å². The summed E-state index contributed by atoms with van der Waals surface area (Å²) < 4.78 is 10.6. The second-order valence-corrected chi connectivity index (χ2v) is 4.19. The van der Waals surface area contributed by atoms with Gasteiger partial charge in [0.15, 0.2) is 0 Å². The largest absolute Gasteiger partial charge is 0.496 e. The van der Waals surface area contributed by atoms with Crippen LogP contribution in [0.25, 0.3) is 0 Å². The SMILES string of the molecule is COc1cc(CCN(C)C)c(OC)cc1CO. The number of aliphatic hydroxyl groups is 1. The zero-order chi connectivity index (χ0) is 12.8. The maximum Gasteiger partial charge on any atom is 0.124 e. The summed E-state index contributed by atoms with van der Waals surface area (Å²) in [5, 5.41) is 9.23. The van der Waals surface area contributed by atoms with Crippen LogP contribution in [0.4, 0.5) is 0 Å². The van der Waals surface area contributed by atoms with Gasteiger partial charge in [-0.3, -0.25) is 0 Å². The van der Waals surface area contributed by atoms with Gasteiger partial charge in [-0.15, -0.1) is 0 Å². The van der Waals surface area contributed by atoms with E-state index in [1.165, 1.54) is 0 Å². The molecule has 0 atom stereocenters. The third-order valence-electron chi connectivity index (χ3n) is 2.68. The Morgan fingerprint density at radius 1 is 1.06 bits per heavy atom. The predicted molar refractivity (Wildman–Crippen MR) is 67.7 cm³/mol. The van der Waals surface area contributed by atoms with E-state index in [4.69, 9.17) is 9.47 Å². The van der Waals surface area contributed by atoms with Crippen molar-refractivity contribution >= 4 is 0 Å². The van der Waals surface area contributed by atoms with Crippen LogP contribution in [0.3, 0.4) is 0 Å². The molecular formula is C13H21NO3.